The van der Waals surface area contributed by atoms with Crippen molar-refractivity contribution in [3.8, 4) is 11.3 Å². The molecule has 3 aromatic heterocycles. The van der Waals surface area contributed by atoms with Gasteiger partial charge in [-0.2, -0.15) is 4.98 Å². The van der Waals surface area contributed by atoms with Crippen molar-refractivity contribution in [2.24, 2.45) is 5.92 Å². The first-order valence-electron chi connectivity index (χ1n) is 14.2. The van der Waals surface area contributed by atoms with Crippen LogP contribution in [-0.2, 0) is 11.5 Å². The summed E-state index contributed by atoms with van der Waals surface area (Å²) < 4.78 is 8.06. The van der Waals surface area contributed by atoms with Crippen LogP contribution in [-0.4, -0.2) is 83.4 Å². The van der Waals surface area contributed by atoms with Crippen LogP contribution in [0.2, 0.25) is 25.7 Å². The van der Waals surface area contributed by atoms with E-state index in [9.17, 15) is 0 Å². The highest BCUT2D eigenvalue weighted by molar-refractivity contribution is 6.76. The summed E-state index contributed by atoms with van der Waals surface area (Å²) in [7, 11) is 1.04. The molecule has 0 aromatic carbocycles. The van der Waals surface area contributed by atoms with Crippen LogP contribution in [0.4, 0.5) is 11.8 Å². The van der Waals surface area contributed by atoms with Crippen LogP contribution in [0.25, 0.3) is 22.4 Å². The van der Waals surface area contributed by atoms with Gasteiger partial charge in [-0.1, -0.05) is 39.4 Å². The molecule has 0 spiro atoms. The van der Waals surface area contributed by atoms with Crippen LogP contribution in [0.5, 0.6) is 0 Å². The zero-order chi connectivity index (χ0) is 26.7. The Balaban J connectivity index is 1.42. The second-order valence-electron chi connectivity index (χ2n) is 12.4. The van der Waals surface area contributed by atoms with Crippen molar-refractivity contribution >= 4 is 31.0 Å². The molecule has 206 valence electrons. The molecule has 2 aliphatic rings. The molecule has 38 heavy (non-hydrogen) atoms. The van der Waals surface area contributed by atoms with Crippen LogP contribution in [0.3, 0.4) is 0 Å². The largest absolute Gasteiger partial charge is 0.367 e. The van der Waals surface area contributed by atoms with Gasteiger partial charge < -0.3 is 24.4 Å². The molecule has 2 atom stereocenters. The predicted octanol–water partition coefficient (Wildman–Crippen LogP) is 4.94. The van der Waals surface area contributed by atoms with Crippen LogP contribution >= 0.6 is 0 Å². The smallest absolute Gasteiger partial charge is 0.227 e. The van der Waals surface area contributed by atoms with Gasteiger partial charge in [0.1, 0.15) is 18.1 Å². The first-order valence-corrected chi connectivity index (χ1v) is 17.9. The quantitative estimate of drug-likeness (QED) is 0.304. The number of rotatable bonds is 9. The maximum Gasteiger partial charge on any atom is 0.227 e. The fraction of sp³-hybridized carbons (Fsp3) is 0.643. The van der Waals surface area contributed by atoms with Crippen molar-refractivity contribution in [1.29, 1.82) is 0 Å². The normalized spacial score (nSPS) is 21.2. The zero-order valence-electron chi connectivity index (χ0n) is 23.8. The molecule has 9 nitrogen and oxygen atoms in total. The standard InChI is InChI=1S/C28H44N8OSi/c1-21-7-6-8-22(17-21)31-26-23(18-30-28(33-26)35-13-11-34(2)12-14-35)25-19-29-24-9-10-36(27(24)32-25)20-37-15-16-38(3,4)5/h9-10,18-19,21-22H,6-8,11-17,20H2,1-5H3,(H,30,31,33)/t21-,22-/m1/s1. The molecule has 0 bridgehead atoms. The van der Waals surface area contributed by atoms with E-state index in [1.807, 2.05) is 29.2 Å². The van der Waals surface area contributed by atoms with Crippen LogP contribution < -0.4 is 10.2 Å². The van der Waals surface area contributed by atoms with Crippen molar-refractivity contribution in [2.45, 2.75) is 71.1 Å². The molecular formula is C28H44N8OSi. The summed E-state index contributed by atoms with van der Waals surface area (Å²) in [5.41, 5.74) is 3.39. The number of hydrogen-bond donors (Lipinski definition) is 1. The fourth-order valence-electron chi connectivity index (χ4n) is 5.31. The lowest BCUT2D eigenvalue weighted by Gasteiger charge is -2.33. The van der Waals surface area contributed by atoms with Gasteiger partial charge in [0.25, 0.3) is 0 Å². The molecule has 4 heterocycles. The van der Waals surface area contributed by atoms with E-state index in [2.05, 4.69) is 48.7 Å². The predicted molar refractivity (Wildman–Crippen MR) is 157 cm³/mol. The highest BCUT2D eigenvalue weighted by Crippen LogP contribution is 2.31. The second-order valence-corrected chi connectivity index (χ2v) is 18.1. The van der Waals surface area contributed by atoms with Gasteiger partial charge in [0.2, 0.25) is 5.95 Å². The number of ether oxygens (including phenoxy) is 1. The fourth-order valence-corrected chi connectivity index (χ4v) is 6.07. The van der Waals surface area contributed by atoms with E-state index < -0.39 is 8.07 Å². The highest BCUT2D eigenvalue weighted by Gasteiger charge is 2.24. The van der Waals surface area contributed by atoms with E-state index in [1.54, 1.807) is 0 Å². The molecule has 3 aromatic rings. The Bertz CT molecular complexity index is 1220. The molecule has 2 fully saturated rings. The third-order valence-corrected chi connectivity index (χ3v) is 9.51. The van der Waals surface area contributed by atoms with Crippen molar-refractivity contribution in [3.05, 3.63) is 24.7 Å². The van der Waals surface area contributed by atoms with E-state index in [0.717, 1.165) is 85.4 Å². The number of fused-ring (bicyclic) bond motifs is 1. The molecule has 1 saturated heterocycles. The molecule has 0 radical (unpaired) electrons. The summed E-state index contributed by atoms with van der Waals surface area (Å²) in [5, 5.41) is 3.80. The van der Waals surface area contributed by atoms with Gasteiger partial charge in [0, 0.05) is 59.3 Å². The van der Waals surface area contributed by atoms with E-state index >= 15 is 0 Å². The van der Waals surface area contributed by atoms with Crippen LogP contribution in [0, 0.1) is 5.92 Å². The number of nitrogens with one attached hydrogen (secondary N) is 1. The molecule has 1 N–H and O–H groups in total. The lowest BCUT2D eigenvalue weighted by Crippen LogP contribution is -2.45. The maximum atomic E-state index is 6.02. The van der Waals surface area contributed by atoms with Gasteiger partial charge in [-0.05, 0) is 37.9 Å². The molecule has 10 heteroatoms. The minimum atomic E-state index is -1.13. The topological polar surface area (TPSA) is 84.2 Å². The third-order valence-electron chi connectivity index (χ3n) is 7.81. The summed E-state index contributed by atoms with van der Waals surface area (Å²) in [6, 6.07) is 3.56. The van der Waals surface area contributed by atoms with E-state index in [4.69, 9.17) is 24.7 Å². The van der Waals surface area contributed by atoms with Gasteiger partial charge in [0.05, 0.1) is 17.5 Å². The molecule has 5 rings (SSSR count). The van der Waals surface area contributed by atoms with Gasteiger partial charge in [-0.3, -0.25) is 4.98 Å². The molecule has 1 saturated carbocycles. The molecular weight excluding hydrogens is 492 g/mol. The third kappa shape index (κ3) is 6.70. The number of hydrogen-bond acceptors (Lipinski definition) is 8. The lowest BCUT2D eigenvalue weighted by atomic mass is 9.87. The number of likely N-dealkylation sites (N-methyl/N-ethyl adjacent to an activating group) is 1. The maximum absolute atomic E-state index is 6.02. The molecule has 0 amide bonds. The van der Waals surface area contributed by atoms with Crippen molar-refractivity contribution in [3.63, 3.8) is 0 Å². The average molecular weight is 537 g/mol. The van der Waals surface area contributed by atoms with E-state index in [-0.39, 0.29) is 0 Å². The van der Waals surface area contributed by atoms with Crippen LogP contribution in [0.15, 0.2) is 24.7 Å². The van der Waals surface area contributed by atoms with E-state index in [0.29, 0.717) is 12.8 Å². The Morgan fingerprint density at radius 3 is 2.63 bits per heavy atom. The Hall–Kier alpha value is -2.56. The SMILES string of the molecule is C[C@@H]1CCC[C@@H](Nc2nc(N3CCN(C)CC3)ncc2-c2cnc3ccn(COCC[Si](C)(C)C)c3n2)C1. The van der Waals surface area contributed by atoms with Gasteiger partial charge in [0.15, 0.2) is 5.65 Å². The Kier molecular flexibility index (Phi) is 8.30. The number of piperazine rings is 1. The van der Waals surface area contributed by atoms with Gasteiger partial charge in [-0.15, -0.1) is 0 Å². The monoisotopic (exact) mass is 536 g/mol. The minimum Gasteiger partial charge on any atom is -0.367 e. The van der Waals surface area contributed by atoms with E-state index in [1.165, 1.54) is 19.3 Å². The second kappa shape index (κ2) is 11.7. The number of anilines is 2. The average Bonchev–Trinajstić information content (AvgIpc) is 3.29. The zero-order valence-corrected chi connectivity index (χ0v) is 24.8. The Morgan fingerprint density at radius 1 is 1.05 bits per heavy atom. The van der Waals surface area contributed by atoms with Crippen molar-refractivity contribution in [2.75, 3.05) is 50.1 Å². The first-order chi connectivity index (χ1) is 18.2. The van der Waals surface area contributed by atoms with Gasteiger partial charge in [-0.25, -0.2) is 9.97 Å². The number of aromatic nitrogens is 5. The van der Waals surface area contributed by atoms with Gasteiger partial charge >= 0.3 is 0 Å². The summed E-state index contributed by atoms with van der Waals surface area (Å²) in [5.74, 6) is 2.39. The lowest BCUT2D eigenvalue weighted by molar-refractivity contribution is 0.0899. The molecule has 1 aliphatic heterocycles. The number of nitrogens with zero attached hydrogens (tertiary/aromatic N) is 7. The summed E-state index contributed by atoms with van der Waals surface area (Å²) in [4.78, 5) is 24.3. The van der Waals surface area contributed by atoms with Crippen LogP contribution in [0.1, 0.15) is 32.6 Å². The summed E-state index contributed by atoms with van der Waals surface area (Å²) in [6.07, 6.45) is 10.7. The molecule has 0 unspecified atom stereocenters. The Morgan fingerprint density at radius 2 is 1.87 bits per heavy atom. The van der Waals surface area contributed by atoms with Crippen molar-refractivity contribution < 1.29 is 4.74 Å². The summed E-state index contributed by atoms with van der Waals surface area (Å²) >= 11 is 0. The first kappa shape index (κ1) is 27.0. The highest BCUT2D eigenvalue weighted by atomic mass is 28.3. The molecule has 1 aliphatic carbocycles. The minimum absolute atomic E-state index is 0.410. The summed E-state index contributed by atoms with van der Waals surface area (Å²) in [6.45, 7) is 14.6. The Labute approximate surface area is 228 Å². The van der Waals surface area contributed by atoms with Crippen molar-refractivity contribution in [1.82, 2.24) is 29.4 Å².